The molecule has 0 heterocycles. The highest BCUT2D eigenvalue weighted by Crippen LogP contribution is 2.22. The smallest absolute Gasteiger partial charge is 0.255 e. The molecule has 1 amide bonds. The van der Waals surface area contributed by atoms with Crippen molar-refractivity contribution in [3.05, 3.63) is 23.8 Å². The maximum Gasteiger partial charge on any atom is 0.255 e. The molecule has 0 fully saturated rings. The van der Waals surface area contributed by atoms with Crippen molar-refractivity contribution in [1.29, 1.82) is 0 Å². The number of carbonyl (C=O) groups is 1. The van der Waals surface area contributed by atoms with Crippen molar-refractivity contribution in [2.45, 2.75) is 25.8 Å². The third-order valence-electron chi connectivity index (χ3n) is 2.71. The number of hydrogen-bond acceptors (Lipinski definition) is 4. The fraction of sp³-hybridized carbons (Fsp3) is 0.462. The molecule has 100 valence electrons. The van der Waals surface area contributed by atoms with E-state index in [0.717, 1.165) is 12.8 Å². The molecule has 0 aliphatic carbocycles. The third-order valence-corrected chi connectivity index (χ3v) is 2.71. The van der Waals surface area contributed by atoms with Gasteiger partial charge in [0.25, 0.3) is 5.91 Å². The lowest BCUT2D eigenvalue weighted by atomic mass is 10.1. The third kappa shape index (κ3) is 3.63. The number of nitrogens with two attached hydrogens (primary N) is 1. The summed E-state index contributed by atoms with van der Waals surface area (Å²) in [6.45, 7) is 2.40. The maximum absolute atomic E-state index is 12.0. The lowest BCUT2D eigenvalue weighted by Gasteiger charge is -2.16. The molecule has 5 nitrogen and oxygen atoms in total. The Bertz CT molecular complexity index is 407. The van der Waals surface area contributed by atoms with Gasteiger partial charge in [0, 0.05) is 12.6 Å². The van der Waals surface area contributed by atoms with Gasteiger partial charge in [-0.2, -0.15) is 0 Å². The fourth-order valence-electron chi connectivity index (χ4n) is 1.68. The minimum atomic E-state index is -0.338. The van der Waals surface area contributed by atoms with Crippen molar-refractivity contribution >= 4 is 5.91 Å². The summed E-state index contributed by atoms with van der Waals surface area (Å²) in [4.78, 5) is 12.0. The van der Waals surface area contributed by atoms with Gasteiger partial charge in [-0.05, 0) is 24.6 Å². The predicted molar refractivity (Wildman–Crippen MR) is 69.9 cm³/mol. The van der Waals surface area contributed by atoms with Crippen molar-refractivity contribution in [2.75, 3.05) is 13.7 Å². The summed E-state index contributed by atoms with van der Waals surface area (Å²) in [5.41, 5.74) is 5.78. The maximum atomic E-state index is 12.0. The summed E-state index contributed by atoms with van der Waals surface area (Å²) in [5, 5.41) is 12.5. The number of benzene rings is 1. The summed E-state index contributed by atoms with van der Waals surface area (Å²) in [6.07, 6.45) is 1.75. The summed E-state index contributed by atoms with van der Waals surface area (Å²) in [6, 6.07) is 4.46. The first-order chi connectivity index (χ1) is 8.62. The number of methoxy groups -OCH3 is 1. The van der Waals surface area contributed by atoms with Crippen molar-refractivity contribution < 1.29 is 14.6 Å². The molecule has 1 atom stereocenters. The van der Waals surface area contributed by atoms with Crippen LogP contribution in [0.25, 0.3) is 0 Å². The van der Waals surface area contributed by atoms with Gasteiger partial charge in [-0.15, -0.1) is 0 Å². The summed E-state index contributed by atoms with van der Waals surface area (Å²) in [7, 11) is 1.51. The van der Waals surface area contributed by atoms with Crippen LogP contribution in [0.4, 0.5) is 0 Å². The van der Waals surface area contributed by atoms with Crippen molar-refractivity contribution in [1.82, 2.24) is 5.32 Å². The molecule has 0 aliphatic rings. The topological polar surface area (TPSA) is 84.6 Å². The monoisotopic (exact) mass is 252 g/mol. The number of aromatic hydroxyl groups is 1. The van der Waals surface area contributed by atoms with Crippen LogP contribution in [0, 0.1) is 0 Å². The van der Waals surface area contributed by atoms with Gasteiger partial charge >= 0.3 is 0 Å². The zero-order valence-corrected chi connectivity index (χ0v) is 10.8. The van der Waals surface area contributed by atoms with Crippen molar-refractivity contribution in [3.63, 3.8) is 0 Å². The first-order valence-corrected chi connectivity index (χ1v) is 6.00. The predicted octanol–water partition coefficient (Wildman–Crippen LogP) is 1.26. The Kier molecular flexibility index (Phi) is 5.45. The summed E-state index contributed by atoms with van der Waals surface area (Å²) < 4.78 is 5.02. The molecular formula is C13H20N2O3. The molecule has 1 aromatic rings. The highest BCUT2D eigenvalue weighted by Gasteiger charge is 2.15. The normalized spacial score (nSPS) is 11.9. The Morgan fingerprint density at radius 3 is 2.83 bits per heavy atom. The summed E-state index contributed by atoms with van der Waals surface area (Å²) >= 11 is 0. The van der Waals surface area contributed by atoms with E-state index >= 15 is 0 Å². The molecule has 0 radical (unpaired) electrons. The minimum absolute atomic E-state index is 0.0689. The number of phenols is 1. The molecule has 0 saturated heterocycles. The van der Waals surface area contributed by atoms with E-state index in [-0.39, 0.29) is 23.3 Å². The van der Waals surface area contributed by atoms with Crippen LogP contribution in [0.2, 0.25) is 0 Å². The molecule has 0 aliphatic heterocycles. The molecule has 0 bridgehead atoms. The number of phenolic OH excluding ortho intramolecular Hbond substituents is 1. The van der Waals surface area contributed by atoms with E-state index in [9.17, 15) is 9.90 Å². The zero-order chi connectivity index (χ0) is 13.5. The average Bonchev–Trinajstić information content (AvgIpc) is 2.38. The molecule has 5 heteroatoms. The van der Waals surface area contributed by atoms with Crippen LogP contribution >= 0.6 is 0 Å². The highest BCUT2D eigenvalue weighted by molar-refractivity contribution is 5.97. The van der Waals surface area contributed by atoms with E-state index in [1.54, 1.807) is 6.07 Å². The van der Waals surface area contributed by atoms with Gasteiger partial charge < -0.3 is 20.9 Å². The molecule has 18 heavy (non-hydrogen) atoms. The zero-order valence-electron chi connectivity index (χ0n) is 10.8. The number of rotatable bonds is 6. The molecule has 1 unspecified atom stereocenters. The van der Waals surface area contributed by atoms with E-state index in [1.165, 1.54) is 19.2 Å². The van der Waals surface area contributed by atoms with E-state index in [1.807, 2.05) is 6.92 Å². The Hall–Kier alpha value is -1.75. The molecule has 1 rings (SSSR count). The molecule has 0 spiro atoms. The standard InChI is InChI=1S/C13H20N2O3/c1-3-4-9(8-14)15-13(17)11-7-10(18-2)5-6-12(11)16/h5-7,9,16H,3-4,8,14H2,1-2H3,(H,15,17). The average molecular weight is 252 g/mol. The highest BCUT2D eigenvalue weighted by atomic mass is 16.5. The van der Waals surface area contributed by atoms with Crippen LogP contribution in [-0.2, 0) is 0 Å². The van der Waals surface area contributed by atoms with E-state index in [2.05, 4.69) is 5.32 Å². The Morgan fingerprint density at radius 1 is 1.56 bits per heavy atom. The van der Waals surface area contributed by atoms with E-state index in [0.29, 0.717) is 12.3 Å². The number of amides is 1. The fourth-order valence-corrected chi connectivity index (χ4v) is 1.68. The molecular weight excluding hydrogens is 232 g/mol. The number of nitrogens with one attached hydrogen (secondary N) is 1. The lowest BCUT2D eigenvalue weighted by molar-refractivity contribution is 0.0933. The summed E-state index contributed by atoms with van der Waals surface area (Å²) in [5.74, 6) is 0.119. The second kappa shape index (κ2) is 6.86. The van der Waals surface area contributed by atoms with E-state index in [4.69, 9.17) is 10.5 Å². The van der Waals surface area contributed by atoms with Crippen LogP contribution < -0.4 is 15.8 Å². The van der Waals surface area contributed by atoms with Crippen LogP contribution in [0.15, 0.2) is 18.2 Å². The van der Waals surface area contributed by atoms with Gasteiger partial charge in [-0.3, -0.25) is 4.79 Å². The first-order valence-electron chi connectivity index (χ1n) is 6.00. The van der Waals surface area contributed by atoms with Crippen LogP contribution in [0.1, 0.15) is 30.1 Å². The lowest BCUT2D eigenvalue weighted by Crippen LogP contribution is -2.40. The van der Waals surface area contributed by atoms with Crippen molar-refractivity contribution in [3.8, 4) is 11.5 Å². The van der Waals surface area contributed by atoms with E-state index < -0.39 is 0 Å². The van der Waals surface area contributed by atoms with Gasteiger partial charge in [-0.25, -0.2) is 0 Å². The van der Waals surface area contributed by atoms with Crippen molar-refractivity contribution in [2.24, 2.45) is 5.73 Å². The van der Waals surface area contributed by atoms with Gasteiger partial charge in [0.2, 0.25) is 0 Å². The molecule has 4 N–H and O–H groups in total. The van der Waals surface area contributed by atoms with Gasteiger partial charge in [0.05, 0.1) is 12.7 Å². The Balaban J connectivity index is 2.82. The number of carbonyl (C=O) groups excluding carboxylic acids is 1. The van der Waals surface area contributed by atoms with Crippen LogP contribution in [0.3, 0.4) is 0 Å². The Labute approximate surface area is 107 Å². The second-order valence-electron chi connectivity index (χ2n) is 4.08. The van der Waals surface area contributed by atoms with Gasteiger partial charge in [0.15, 0.2) is 0 Å². The van der Waals surface area contributed by atoms with Gasteiger partial charge in [0.1, 0.15) is 11.5 Å². The number of ether oxygens (including phenoxy) is 1. The Morgan fingerprint density at radius 2 is 2.28 bits per heavy atom. The van der Waals surface area contributed by atoms with Crippen LogP contribution in [0.5, 0.6) is 11.5 Å². The molecule has 1 aromatic carbocycles. The SMILES string of the molecule is CCCC(CN)NC(=O)c1cc(OC)ccc1O. The first kappa shape index (κ1) is 14.3. The largest absolute Gasteiger partial charge is 0.507 e. The van der Waals surface area contributed by atoms with Gasteiger partial charge in [-0.1, -0.05) is 13.3 Å². The quantitative estimate of drug-likeness (QED) is 0.711. The minimum Gasteiger partial charge on any atom is -0.507 e. The van der Waals surface area contributed by atoms with Crippen LogP contribution in [-0.4, -0.2) is 30.7 Å². The molecule has 0 saturated carbocycles. The molecule has 0 aromatic heterocycles. The number of hydrogen-bond donors (Lipinski definition) is 3. The second-order valence-corrected chi connectivity index (χ2v) is 4.08.